The number of halogens is 1. The summed E-state index contributed by atoms with van der Waals surface area (Å²) in [7, 11) is 1.91. The Morgan fingerprint density at radius 1 is 1.21 bits per heavy atom. The lowest BCUT2D eigenvalue weighted by Crippen LogP contribution is -2.41. The van der Waals surface area contributed by atoms with Crippen LogP contribution in [0.4, 0.5) is 0 Å². The van der Waals surface area contributed by atoms with Crippen LogP contribution in [0.1, 0.15) is 36.8 Å². The van der Waals surface area contributed by atoms with Crippen LogP contribution < -0.4 is 5.32 Å². The third-order valence-corrected chi connectivity index (χ3v) is 6.45. The topological polar surface area (TPSA) is 46.7 Å². The zero-order valence-corrected chi connectivity index (χ0v) is 20.2. The average Bonchev–Trinajstić information content (AvgIpc) is 3.34. The van der Waals surface area contributed by atoms with Crippen LogP contribution in [0.2, 0.25) is 0 Å². The molecule has 2 aliphatic rings. The fourth-order valence-corrected chi connectivity index (χ4v) is 4.89. The molecule has 2 fully saturated rings. The summed E-state index contributed by atoms with van der Waals surface area (Å²) < 4.78 is 0. The Balaban J connectivity index is 0.00000240. The number of aromatic amines is 1. The number of piperidine rings is 1. The maximum Gasteiger partial charge on any atom is 0.193 e. The highest BCUT2D eigenvalue weighted by Crippen LogP contribution is 2.22. The van der Waals surface area contributed by atoms with Crippen molar-refractivity contribution in [1.29, 1.82) is 0 Å². The molecule has 0 aliphatic carbocycles. The van der Waals surface area contributed by atoms with Crippen LogP contribution in [0, 0.1) is 12.8 Å². The molecular formula is C23H36IN5. The summed E-state index contributed by atoms with van der Waals surface area (Å²) in [5.41, 5.74) is 3.96. The van der Waals surface area contributed by atoms with Gasteiger partial charge >= 0.3 is 0 Å². The summed E-state index contributed by atoms with van der Waals surface area (Å²) in [4.78, 5) is 13.1. The first kappa shape index (κ1) is 22.4. The van der Waals surface area contributed by atoms with Gasteiger partial charge in [0.25, 0.3) is 0 Å². The van der Waals surface area contributed by atoms with Crippen molar-refractivity contribution in [3.8, 4) is 0 Å². The number of fused-ring (bicyclic) bond motifs is 1. The van der Waals surface area contributed by atoms with Gasteiger partial charge in [0, 0.05) is 50.3 Å². The van der Waals surface area contributed by atoms with Gasteiger partial charge in [-0.05, 0) is 62.7 Å². The highest BCUT2D eigenvalue weighted by molar-refractivity contribution is 14.0. The summed E-state index contributed by atoms with van der Waals surface area (Å²) in [5, 5.41) is 4.95. The van der Waals surface area contributed by atoms with E-state index in [0.717, 1.165) is 37.9 Å². The molecule has 0 spiro atoms. The second-order valence-corrected chi connectivity index (χ2v) is 8.50. The summed E-state index contributed by atoms with van der Waals surface area (Å²) in [5.74, 6) is 1.85. The molecule has 1 aromatic carbocycles. The summed E-state index contributed by atoms with van der Waals surface area (Å²) >= 11 is 0. The van der Waals surface area contributed by atoms with Crippen molar-refractivity contribution >= 4 is 40.8 Å². The highest BCUT2D eigenvalue weighted by atomic mass is 127. The molecule has 4 rings (SSSR count). The molecule has 0 saturated carbocycles. The third kappa shape index (κ3) is 5.45. The minimum Gasteiger partial charge on any atom is -0.361 e. The number of para-hydroxylation sites is 1. The molecule has 1 unspecified atom stereocenters. The number of H-pyrrole nitrogens is 1. The maximum absolute atomic E-state index is 4.56. The van der Waals surface area contributed by atoms with Crippen LogP contribution in [0.25, 0.3) is 10.9 Å². The molecule has 0 amide bonds. The third-order valence-electron chi connectivity index (χ3n) is 6.45. The van der Waals surface area contributed by atoms with Crippen LogP contribution in [0.15, 0.2) is 29.4 Å². The Morgan fingerprint density at radius 3 is 2.83 bits per heavy atom. The Kier molecular flexibility index (Phi) is 8.24. The molecule has 0 bridgehead atoms. The van der Waals surface area contributed by atoms with Crippen LogP contribution in [-0.2, 0) is 6.42 Å². The molecule has 3 heterocycles. The van der Waals surface area contributed by atoms with Crippen molar-refractivity contribution in [2.24, 2.45) is 10.9 Å². The molecule has 1 atom stereocenters. The van der Waals surface area contributed by atoms with E-state index in [2.05, 4.69) is 56.4 Å². The van der Waals surface area contributed by atoms with Gasteiger partial charge in [-0.15, -0.1) is 24.0 Å². The SMILES string of the molecule is CN=C(NCCc1c[nH]c2c(C)cccc12)N1CCC(CN2CCCCC2)C1.I. The molecule has 1 aromatic heterocycles. The highest BCUT2D eigenvalue weighted by Gasteiger charge is 2.26. The molecule has 29 heavy (non-hydrogen) atoms. The Labute approximate surface area is 192 Å². The number of aromatic nitrogens is 1. The van der Waals surface area contributed by atoms with Crippen molar-refractivity contribution in [2.75, 3.05) is 46.3 Å². The van der Waals surface area contributed by atoms with Crippen molar-refractivity contribution in [3.05, 3.63) is 35.5 Å². The summed E-state index contributed by atoms with van der Waals surface area (Å²) in [6.45, 7) is 9.22. The number of rotatable bonds is 5. The zero-order valence-electron chi connectivity index (χ0n) is 17.9. The number of nitrogens with zero attached hydrogens (tertiary/aromatic N) is 3. The van der Waals surface area contributed by atoms with E-state index in [4.69, 9.17) is 0 Å². The average molecular weight is 509 g/mol. The molecule has 2 N–H and O–H groups in total. The van der Waals surface area contributed by atoms with Gasteiger partial charge in [-0.3, -0.25) is 4.99 Å². The zero-order chi connectivity index (χ0) is 19.3. The Hall–Kier alpha value is -1.28. The first-order valence-electron chi connectivity index (χ1n) is 11.0. The van der Waals surface area contributed by atoms with Gasteiger partial charge in [-0.25, -0.2) is 0 Å². The van der Waals surface area contributed by atoms with Crippen molar-refractivity contribution in [3.63, 3.8) is 0 Å². The second-order valence-electron chi connectivity index (χ2n) is 8.50. The number of likely N-dealkylation sites (tertiary alicyclic amines) is 2. The van der Waals surface area contributed by atoms with Crippen LogP contribution in [0.3, 0.4) is 0 Å². The van der Waals surface area contributed by atoms with E-state index in [9.17, 15) is 0 Å². The van der Waals surface area contributed by atoms with E-state index >= 15 is 0 Å². The quantitative estimate of drug-likeness (QED) is 0.364. The first-order chi connectivity index (χ1) is 13.7. The van der Waals surface area contributed by atoms with E-state index in [0.29, 0.717) is 0 Å². The van der Waals surface area contributed by atoms with Gasteiger partial charge in [0.1, 0.15) is 0 Å². The molecule has 0 radical (unpaired) electrons. The number of aryl methyl sites for hydroxylation is 1. The fourth-order valence-electron chi connectivity index (χ4n) is 4.89. The number of guanidine groups is 1. The van der Waals surface area contributed by atoms with Gasteiger partial charge in [-0.2, -0.15) is 0 Å². The monoisotopic (exact) mass is 509 g/mol. The van der Waals surface area contributed by atoms with Crippen molar-refractivity contribution < 1.29 is 0 Å². The van der Waals surface area contributed by atoms with E-state index in [1.54, 1.807) is 0 Å². The minimum atomic E-state index is 0. The van der Waals surface area contributed by atoms with E-state index < -0.39 is 0 Å². The van der Waals surface area contributed by atoms with Gasteiger partial charge < -0.3 is 20.1 Å². The number of nitrogens with one attached hydrogen (secondary N) is 2. The predicted octanol–water partition coefficient (Wildman–Crippen LogP) is 4.02. The molecule has 2 aliphatic heterocycles. The van der Waals surface area contributed by atoms with Crippen molar-refractivity contribution in [2.45, 2.75) is 39.0 Å². The molecule has 5 nitrogen and oxygen atoms in total. The number of aliphatic imine (C=N–C) groups is 1. The smallest absolute Gasteiger partial charge is 0.193 e. The van der Waals surface area contributed by atoms with Gasteiger partial charge in [0.2, 0.25) is 0 Å². The fraction of sp³-hybridized carbons (Fsp3) is 0.609. The number of hydrogen-bond donors (Lipinski definition) is 2. The normalized spacial score (nSPS) is 20.8. The lowest BCUT2D eigenvalue weighted by Gasteiger charge is -2.29. The second kappa shape index (κ2) is 10.7. The molecular weight excluding hydrogens is 473 g/mol. The summed E-state index contributed by atoms with van der Waals surface area (Å²) in [6, 6.07) is 6.53. The largest absolute Gasteiger partial charge is 0.361 e. The van der Waals surface area contributed by atoms with Crippen LogP contribution in [-0.4, -0.2) is 67.1 Å². The van der Waals surface area contributed by atoms with Crippen LogP contribution >= 0.6 is 24.0 Å². The molecule has 6 heteroatoms. The molecule has 160 valence electrons. The predicted molar refractivity (Wildman–Crippen MR) is 133 cm³/mol. The van der Waals surface area contributed by atoms with Gasteiger partial charge in [0.05, 0.1) is 0 Å². The lowest BCUT2D eigenvalue weighted by molar-refractivity contribution is 0.198. The first-order valence-corrected chi connectivity index (χ1v) is 11.0. The maximum atomic E-state index is 4.56. The molecule has 2 aromatic rings. The standard InChI is InChI=1S/C23H35N5.HI/c1-18-7-6-8-21-20(15-26-22(18)21)9-11-25-23(24-2)28-14-10-19(17-28)16-27-12-4-3-5-13-27;/h6-8,15,19,26H,3-5,9-14,16-17H2,1-2H3,(H,24,25);1H. The van der Waals surface area contributed by atoms with Crippen molar-refractivity contribution in [1.82, 2.24) is 20.1 Å². The summed E-state index contributed by atoms with van der Waals surface area (Å²) in [6.07, 6.45) is 8.64. The minimum absolute atomic E-state index is 0. The van der Waals surface area contributed by atoms with E-state index in [1.165, 1.54) is 67.3 Å². The number of benzene rings is 1. The van der Waals surface area contributed by atoms with Gasteiger partial charge in [0.15, 0.2) is 5.96 Å². The van der Waals surface area contributed by atoms with Crippen LogP contribution in [0.5, 0.6) is 0 Å². The number of hydrogen-bond acceptors (Lipinski definition) is 2. The van der Waals surface area contributed by atoms with E-state index in [-0.39, 0.29) is 24.0 Å². The van der Waals surface area contributed by atoms with E-state index in [1.807, 2.05) is 7.05 Å². The Bertz CT molecular complexity index is 809. The lowest BCUT2D eigenvalue weighted by atomic mass is 10.1. The molecule has 2 saturated heterocycles. The van der Waals surface area contributed by atoms with Gasteiger partial charge in [-0.1, -0.05) is 24.6 Å². The Morgan fingerprint density at radius 2 is 2.03 bits per heavy atom.